The molecule has 0 fully saturated rings. The molecular formula is C60H46N2. The predicted molar refractivity (Wildman–Crippen MR) is 261 cm³/mol. The van der Waals surface area contributed by atoms with Crippen molar-refractivity contribution in [3.8, 4) is 50.2 Å². The number of anilines is 3. The van der Waals surface area contributed by atoms with Crippen LogP contribution in [0.15, 0.2) is 206 Å². The zero-order chi connectivity index (χ0) is 41.7. The molecule has 0 bridgehead atoms. The molecule has 10 aromatic rings. The molecule has 12 rings (SSSR count). The van der Waals surface area contributed by atoms with Gasteiger partial charge in [0.1, 0.15) is 0 Å². The fourth-order valence-electron chi connectivity index (χ4n) is 10.9. The van der Waals surface area contributed by atoms with Crippen molar-refractivity contribution in [1.29, 1.82) is 0 Å². The molecule has 1 heterocycles. The van der Waals surface area contributed by atoms with Crippen LogP contribution < -0.4 is 4.90 Å². The molecule has 0 amide bonds. The largest absolute Gasteiger partial charge is 0.310 e. The molecule has 1 aromatic heterocycles. The van der Waals surface area contributed by atoms with E-state index >= 15 is 0 Å². The number of aromatic nitrogens is 1. The Hall–Kier alpha value is -7.42. The normalized spacial score (nSPS) is 14.1. The number of nitrogens with zero attached hydrogens (tertiary/aromatic N) is 2. The van der Waals surface area contributed by atoms with E-state index in [0.29, 0.717) is 0 Å². The minimum Gasteiger partial charge on any atom is -0.310 e. The summed E-state index contributed by atoms with van der Waals surface area (Å²) in [5, 5.41) is 2.56. The fourth-order valence-corrected chi connectivity index (χ4v) is 10.9. The van der Waals surface area contributed by atoms with Gasteiger partial charge in [0.2, 0.25) is 0 Å². The molecule has 2 nitrogen and oxygen atoms in total. The number of hydrogen-bond donors (Lipinski definition) is 0. The summed E-state index contributed by atoms with van der Waals surface area (Å²) in [7, 11) is 0. The van der Waals surface area contributed by atoms with Gasteiger partial charge in [-0.3, -0.25) is 0 Å². The van der Waals surface area contributed by atoms with Crippen molar-refractivity contribution in [2.75, 3.05) is 4.90 Å². The summed E-state index contributed by atoms with van der Waals surface area (Å²) in [6.45, 7) is 9.53. The van der Waals surface area contributed by atoms with E-state index in [1.807, 2.05) is 0 Å². The first-order valence-electron chi connectivity index (χ1n) is 21.8. The van der Waals surface area contributed by atoms with E-state index in [1.165, 1.54) is 94.3 Å². The lowest BCUT2D eigenvalue weighted by molar-refractivity contribution is 0.660. The number of hydrogen-bond acceptors (Lipinski definition) is 1. The van der Waals surface area contributed by atoms with Crippen molar-refractivity contribution in [3.05, 3.63) is 229 Å². The van der Waals surface area contributed by atoms with Gasteiger partial charge in [-0.15, -0.1) is 0 Å². The Morgan fingerprint density at radius 2 is 0.823 bits per heavy atom. The molecule has 296 valence electrons. The molecule has 0 radical (unpaired) electrons. The minimum absolute atomic E-state index is 0.119. The summed E-state index contributed by atoms with van der Waals surface area (Å²) < 4.78 is 2.48. The van der Waals surface area contributed by atoms with Gasteiger partial charge in [0.25, 0.3) is 0 Å². The van der Waals surface area contributed by atoms with E-state index in [-0.39, 0.29) is 10.8 Å². The first-order valence-corrected chi connectivity index (χ1v) is 21.8. The predicted octanol–water partition coefficient (Wildman–Crippen LogP) is 16.2. The Bertz CT molecular complexity index is 3350. The molecule has 9 aromatic carbocycles. The highest BCUT2D eigenvalue weighted by atomic mass is 15.1. The van der Waals surface area contributed by atoms with E-state index in [9.17, 15) is 0 Å². The number of benzene rings is 9. The summed E-state index contributed by atoms with van der Waals surface area (Å²) in [5.74, 6) is 0. The third-order valence-corrected chi connectivity index (χ3v) is 14.0. The Morgan fingerprint density at radius 3 is 1.52 bits per heavy atom. The molecule has 0 N–H and O–H groups in total. The maximum absolute atomic E-state index is 2.48. The third-order valence-electron chi connectivity index (χ3n) is 14.0. The van der Waals surface area contributed by atoms with Crippen LogP contribution in [-0.2, 0) is 10.8 Å². The van der Waals surface area contributed by atoms with Crippen LogP contribution in [0.5, 0.6) is 0 Å². The first-order chi connectivity index (χ1) is 30.3. The summed E-state index contributed by atoms with van der Waals surface area (Å²) in [6.07, 6.45) is 0. The van der Waals surface area contributed by atoms with E-state index in [2.05, 4.69) is 243 Å². The van der Waals surface area contributed by atoms with Crippen LogP contribution in [0.2, 0.25) is 0 Å². The van der Waals surface area contributed by atoms with Crippen LogP contribution in [0.25, 0.3) is 72.0 Å². The molecule has 2 heteroatoms. The average molecular weight is 795 g/mol. The van der Waals surface area contributed by atoms with Crippen molar-refractivity contribution in [2.24, 2.45) is 0 Å². The van der Waals surface area contributed by atoms with Crippen molar-refractivity contribution < 1.29 is 0 Å². The van der Waals surface area contributed by atoms with Gasteiger partial charge < -0.3 is 9.47 Å². The Labute approximate surface area is 364 Å². The lowest BCUT2D eigenvalue weighted by atomic mass is 9.82. The molecular weight excluding hydrogens is 749 g/mol. The summed E-state index contributed by atoms with van der Waals surface area (Å²) in [6, 6.07) is 76.5. The monoisotopic (exact) mass is 794 g/mol. The molecule has 2 aliphatic carbocycles. The molecule has 0 atom stereocenters. The highest BCUT2D eigenvalue weighted by Gasteiger charge is 2.39. The maximum Gasteiger partial charge on any atom is 0.0543 e. The summed E-state index contributed by atoms with van der Waals surface area (Å²) >= 11 is 0. The van der Waals surface area contributed by atoms with Gasteiger partial charge in [0, 0.05) is 44.2 Å². The molecule has 0 aliphatic heterocycles. The number of rotatable bonds is 6. The van der Waals surface area contributed by atoms with Crippen LogP contribution in [0.4, 0.5) is 17.1 Å². The highest BCUT2D eigenvalue weighted by molar-refractivity contribution is 6.10. The Balaban J connectivity index is 1.02. The van der Waals surface area contributed by atoms with Gasteiger partial charge in [-0.1, -0.05) is 173 Å². The topological polar surface area (TPSA) is 8.17 Å². The van der Waals surface area contributed by atoms with Crippen molar-refractivity contribution in [2.45, 2.75) is 38.5 Å². The highest BCUT2D eigenvalue weighted by Crippen LogP contribution is 2.55. The average Bonchev–Trinajstić information content (AvgIpc) is 3.86. The van der Waals surface area contributed by atoms with Crippen molar-refractivity contribution in [3.63, 3.8) is 0 Å². The number of fused-ring (bicyclic) bond motifs is 9. The molecule has 62 heavy (non-hydrogen) atoms. The SMILES string of the molecule is CC1(C)c2ccccc2-c2ccc(N(c3ccc(-c4cccc(-c5ccccc5)c4)cc3)c3ccc4c(c3)C(C)(C)c3cccc(-n5c6ccccc6c6ccccc65)c3-4)cc21. The second kappa shape index (κ2) is 13.5. The van der Waals surface area contributed by atoms with Gasteiger partial charge in [-0.05, 0) is 122 Å². The summed E-state index contributed by atoms with van der Waals surface area (Å²) in [4.78, 5) is 2.47. The molecule has 0 saturated carbocycles. The van der Waals surface area contributed by atoms with Crippen LogP contribution in [0, 0.1) is 0 Å². The van der Waals surface area contributed by atoms with E-state index in [0.717, 1.165) is 17.1 Å². The van der Waals surface area contributed by atoms with Crippen LogP contribution in [-0.4, -0.2) is 4.57 Å². The van der Waals surface area contributed by atoms with Crippen LogP contribution in [0.3, 0.4) is 0 Å². The number of para-hydroxylation sites is 2. The van der Waals surface area contributed by atoms with Gasteiger partial charge in [-0.25, -0.2) is 0 Å². The van der Waals surface area contributed by atoms with Crippen LogP contribution in [0.1, 0.15) is 49.9 Å². The molecule has 0 saturated heterocycles. The van der Waals surface area contributed by atoms with Crippen molar-refractivity contribution in [1.82, 2.24) is 4.57 Å². The lowest BCUT2D eigenvalue weighted by Gasteiger charge is -2.30. The zero-order valence-electron chi connectivity index (χ0n) is 35.5. The van der Waals surface area contributed by atoms with E-state index in [4.69, 9.17) is 0 Å². The van der Waals surface area contributed by atoms with Gasteiger partial charge in [-0.2, -0.15) is 0 Å². The second-order valence-electron chi connectivity index (χ2n) is 18.2. The first kappa shape index (κ1) is 36.4. The van der Waals surface area contributed by atoms with Gasteiger partial charge >= 0.3 is 0 Å². The fraction of sp³-hybridized carbons (Fsp3) is 0.100. The molecule has 2 aliphatic rings. The second-order valence-corrected chi connectivity index (χ2v) is 18.2. The Kier molecular flexibility index (Phi) is 7.96. The molecule has 0 spiro atoms. The van der Waals surface area contributed by atoms with Gasteiger partial charge in [0.15, 0.2) is 0 Å². The zero-order valence-corrected chi connectivity index (χ0v) is 35.5. The standard InChI is InChI=1S/C60H46N2/c1-59(2)51-23-11-8-20-46(51)47-34-32-44(37-53(47)59)61(43-30-28-40(29-31-43)42-19-14-18-41(36-42)39-16-6-5-7-17-39)45-33-35-50-54(38-45)60(3,4)52-24-15-27-57(58(50)52)62-55-25-12-9-21-48(55)49-22-10-13-26-56(49)62/h5-38H,1-4H3. The van der Waals surface area contributed by atoms with Crippen molar-refractivity contribution >= 4 is 38.9 Å². The van der Waals surface area contributed by atoms with Crippen LogP contribution >= 0.6 is 0 Å². The van der Waals surface area contributed by atoms with E-state index in [1.54, 1.807) is 0 Å². The Morgan fingerprint density at radius 1 is 0.339 bits per heavy atom. The summed E-state index contributed by atoms with van der Waals surface area (Å²) in [5.41, 5.74) is 22.3. The van der Waals surface area contributed by atoms with E-state index < -0.39 is 0 Å². The van der Waals surface area contributed by atoms with Gasteiger partial charge in [0.05, 0.1) is 16.7 Å². The lowest BCUT2D eigenvalue weighted by Crippen LogP contribution is -2.18. The molecule has 0 unspecified atom stereocenters. The maximum atomic E-state index is 2.48. The smallest absolute Gasteiger partial charge is 0.0543 e. The minimum atomic E-state index is -0.226. The quantitative estimate of drug-likeness (QED) is 0.163. The third kappa shape index (κ3) is 5.36.